The highest BCUT2D eigenvalue weighted by atomic mass is 15.1. The van der Waals surface area contributed by atoms with Gasteiger partial charge in [-0.1, -0.05) is 27.7 Å². The smallest absolute Gasteiger partial charge is 0.0656 e. The van der Waals surface area contributed by atoms with E-state index in [-0.39, 0.29) is 5.54 Å². The molecule has 0 spiro atoms. The predicted octanol–water partition coefficient (Wildman–Crippen LogP) is 4.89. The van der Waals surface area contributed by atoms with E-state index in [1.54, 1.807) is 0 Å². The van der Waals surface area contributed by atoms with Crippen molar-refractivity contribution in [3.63, 3.8) is 0 Å². The Kier molecular flexibility index (Phi) is 17.5. The average Bonchev–Trinajstić information content (AvgIpc) is 2.96. The molecule has 0 aliphatic carbocycles. The van der Waals surface area contributed by atoms with Gasteiger partial charge >= 0.3 is 0 Å². The van der Waals surface area contributed by atoms with Crippen molar-refractivity contribution >= 4 is 0 Å². The van der Waals surface area contributed by atoms with Crippen LogP contribution in [-0.2, 0) is 0 Å². The van der Waals surface area contributed by atoms with Crippen LogP contribution in [0.4, 0.5) is 0 Å². The topological polar surface area (TPSA) is 56.3 Å². The largest absolute Gasteiger partial charge is 0.325 e. The zero-order chi connectivity index (χ0) is 20.6. The van der Waals surface area contributed by atoms with Crippen molar-refractivity contribution in [3.05, 3.63) is 0 Å². The summed E-state index contributed by atoms with van der Waals surface area (Å²) in [6, 6.07) is 3.02. The molecule has 2 heterocycles. The number of nitrogens with two attached hydrogens (primary N) is 1. The molecule has 4 nitrogen and oxygen atoms in total. The van der Waals surface area contributed by atoms with Crippen LogP contribution in [-0.4, -0.2) is 54.6 Å². The zero-order valence-electron chi connectivity index (χ0n) is 19.1. The number of nitriles is 1. The van der Waals surface area contributed by atoms with Gasteiger partial charge in [0.1, 0.15) is 0 Å². The Morgan fingerprint density at radius 3 is 2.12 bits per heavy atom. The molecular formula is C22H48N4. The molecule has 0 bridgehead atoms. The molecule has 2 N–H and O–H groups in total. The lowest BCUT2D eigenvalue weighted by Gasteiger charge is -2.25. The van der Waals surface area contributed by atoms with Crippen molar-refractivity contribution in [1.29, 1.82) is 5.26 Å². The third-order valence-electron chi connectivity index (χ3n) is 5.03. The van der Waals surface area contributed by atoms with Crippen LogP contribution < -0.4 is 5.73 Å². The Hall–Kier alpha value is -0.630. The highest BCUT2D eigenvalue weighted by Gasteiger charge is 2.24. The molecule has 2 rings (SSSR count). The first-order valence-electron chi connectivity index (χ1n) is 10.9. The summed E-state index contributed by atoms with van der Waals surface area (Å²) in [7, 11) is 2.12. The lowest BCUT2D eigenvalue weighted by Crippen LogP contribution is -2.38. The minimum absolute atomic E-state index is 0.0869. The Morgan fingerprint density at radius 1 is 0.962 bits per heavy atom. The molecule has 0 aromatic heterocycles. The van der Waals surface area contributed by atoms with Gasteiger partial charge in [-0.2, -0.15) is 5.26 Å². The van der Waals surface area contributed by atoms with Crippen molar-refractivity contribution in [2.45, 2.75) is 98.6 Å². The van der Waals surface area contributed by atoms with Gasteiger partial charge in [0.2, 0.25) is 0 Å². The van der Waals surface area contributed by atoms with Gasteiger partial charge in [0.15, 0.2) is 0 Å². The van der Waals surface area contributed by atoms with Crippen molar-refractivity contribution in [1.82, 2.24) is 9.80 Å². The molecule has 26 heavy (non-hydrogen) atoms. The van der Waals surface area contributed by atoms with Crippen LogP contribution in [0, 0.1) is 17.2 Å². The van der Waals surface area contributed by atoms with Gasteiger partial charge in [-0.3, -0.25) is 0 Å². The number of rotatable bonds is 1. The van der Waals surface area contributed by atoms with Crippen LogP contribution in [0.5, 0.6) is 0 Å². The molecule has 2 saturated heterocycles. The maximum Gasteiger partial charge on any atom is 0.0656 e. The van der Waals surface area contributed by atoms with Crippen molar-refractivity contribution in [3.8, 4) is 6.07 Å². The Labute approximate surface area is 165 Å². The van der Waals surface area contributed by atoms with E-state index in [0.29, 0.717) is 12.0 Å². The number of nitrogens with zero attached hydrogens (tertiary/aromatic N) is 3. The van der Waals surface area contributed by atoms with E-state index >= 15 is 0 Å². The number of hydrogen-bond acceptors (Lipinski definition) is 4. The molecule has 2 unspecified atom stereocenters. The van der Waals surface area contributed by atoms with Crippen LogP contribution in [0.25, 0.3) is 0 Å². The molecule has 0 aromatic rings. The van der Waals surface area contributed by atoms with Crippen LogP contribution in [0.1, 0.15) is 87.0 Å². The first-order valence-corrected chi connectivity index (χ1v) is 10.9. The highest BCUT2D eigenvalue weighted by molar-refractivity contribution is 4.85. The third-order valence-corrected chi connectivity index (χ3v) is 5.03. The summed E-state index contributed by atoms with van der Waals surface area (Å²) in [6.45, 7) is 19.4. The normalized spacial score (nSPS) is 27.2. The maximum atomic E-state index is 8.63. The van der Waals surface area contributed by atoms with Gasteiger partial charge in [-0.15, -0.1) is 0 Å². The SMILES string of the molecule is CC.CC.CC(C)N1CCCC(C)(N)CC1.CN1CCCC(C#N)CC1. The lowest BCUT2D eigenvalue weighted by atomic mass is 9.95. The predicted molar refractivity (Wildman–Crippen MR) is 116 cm³/mol. The van der Waals surface area contributed by atoms with E-state index in [2.05, 4.69) is 43.7 Å². The molecule has 2 aliphatic rings. The van der Waals surface area contributed by atoms with Crippen LogP contribution >= 0.6 is 0 Å². The average molecular weight is 369 g/mol. The summed E-state index contributed by atoms with van der Waals surface area (Å²) in [5.74, 6) is 0.324. The van der Waals surface area contributed by atoms with Crippen LogP contribution in [0.15, 0.2) is 0 Å². The molecule has 4 heteroatoms. The molecule has 156 valence electrons. The maximum absolute atomic E-state index is 8.63. The molecular weight excluding hydrogens is 320 g/mol. The van der Waals surface area contributed by atoms with Crippen LogP contribution in [0.2, 0.25) is 0 Å². The van der Waals surface area contributed by atoms with E-state index in [0.717, 1.165) is 32.4 Å². The van der Waals surface area contributed by atoms with Gasteiger partial charge < -0.3 is 15.5 Å². The summed E-state index contributed by atoms with van der Waals surface area (Å²) in [6.07, 6.45) is 6.93. The minimum atomic E-state index is 0.0869. The Balaban J connectivity index is 0. The van der Waals surface area contributed by atoms with Gasteiger partial charge in [0.05, 0.1) is 6.07 Å². The van der Waals surface area contributed by atoms with Gasteiger partial charge in [-0.05, 0) is 86.0 Å². The van der Waals surface area contributed by atoms with Crippen molar-refractivity contribution in [2.24, 2.45) is 11.7 Å². The van der Waals surface area contributed by atoms with E-state index in [1.165, 1.54) is 32.4 Å². The molecule has 0 amide bonds. The fourth-order valence-electron chi connectivity index (χ4n) is 3.21. The Morgan fingerprint density at radius 2 is 1.58 bits per heavy atom. The molecule has 2 aliphatic heterocycles. The second-order valence-electron chi connectivity index (χ2n) is 7.70. The lowest BCUT2D eigenvalue weighted by molar-refractivity contribution is 0.226. The van der Waals surface area contributed by atoms with E-state index in [1.807, 2.05) is 27.7 Å². The van der Waals surface area contributed by atoms with Gasteiger partial charge in [-0.25, -0.2) is 0 Å². The number of likely N-dealkylation sites (tertiary alicyclic amines) is 2. The second kappa shape index (κ2) is 16.5. The van der Waals surface area contributed by atoms with Crippen molar-refractivity contribution in [2.75, 3.05) is 33.2 Å². The second-order valence-corrected chi connectivity index (χ2v) is 7.70. The molecule has 0 aromatic carbocycles. The quantitative estimate of drug-likeness (QED) is 0.715. The first-order chi connectivity index (χ1) is 12.3. The van der Waals surface area contributed by atoms with Crippen LogP contribution in [0.3, 0.4) is 0 Å². The molecule has 0 radical (unpaired) electrons. The third kappa shape index (κ3) is 13.6. The monoisotopic (exact) mass is 368 g/mol. The fourth-order valence-corrected chi connectivity index (χ4v) is 3.21. The van der Waals surface area contributed by atoms with Crippen molar-refractivity contribution < 1.29 is 0 Å². The van der Waals surface area contributed by atoms with E-state index in [9.17, 15) is 0 Å². The summed E-state index contributed by atoms with van der Waals surface area (Å²) in [4.78, 5) is 4.83. The molecule has 2 atom stereocenters. The zero-order valence-corrected chi connectivity index (χ0v) is 19.1. The molecule has 2 fully saturated rings. The summed E-state index contributed by atoms with van der Waals surface area (Å²) in [5, 5.41) is 8.63. The first kappa shape index (κ1) is 27.6. The van der Waals surface area contributed by atoms with Gasteiger partial charge in [0, 0.05) is 24.0 Å². The Bertz CT molecular complexity index is 347. The molecule has 0 saturated carbocycles. The standard InChI is InChI=1S/C10H22N2.C8H14N2.2C2H6/c1-9(2)12-7-4-5-10(3,11)6-8-12;1-10-5-2-3-8(7-9)4-6-10;2*1-2/h9H,4-8,11H2,1-3H3;8H,2-6H2,1H3;2*1-2H3. The highest BCUT2D eigenvalue weighted by Crippen LogP contribution is 2.20. The fraction of sp³-hybridized carbons (Fsp3) is 0.955. The summed E-state index contributed by atoms with van der Waals surface area (Å²) in [5.41, 5.74) is 6.20. The summed E-state index contributed by atoms with van der Waals surface area (Å²) >= 11 is 0. The van der Waals surface area contributed by atoms with E-state index in [4.69, 9.17) is 11.0 Å². The summed E-state index contributed by atoms with van der Waals surface area (Å²) < 4.78 is 0. The minimum Gasteiger partial charge on any atom is -0.325 e. The number of hydrogen-bond donors (Lipinski definition) is 1. The van der Waals surface area contributed by atoms with Gasteiger partial charge in [0.25, 0.3) is 0 Å². The van der Waals surface area contributed by atoms with E-state index < -0.39 is 0 Å².